The number of nitrogens with one attached hydrogen (secondary N) is 2. The number of aromatic nitrogens is 2. The number of aryl methyl sites for hydroxylation is 2. The summed E-state index contributed by atoms with van der Waals surface area (Å²) in [5.41, 5.74) is 2.88. The maximum absolute atomic E-state index is 12.9. The van der Waals surface area contributed by atoms with Crippen LogP contribution in [0.15, 0.2) is 24.3 Å². The zero-order chi connectivity index (χ0) is 18.0. The van der Waals surface area contributed by atoms with Gasteiger partial charge in [-0.25, -0.2) is 4.98 Å². The van der Waals surface area contributed by atoms with Gasteiger partial charge in [-0.15, -0.1) is 0 Å². The molecule has 134 valence electrons. The van der Waals surface area contributed by atoms with Crippen LogP contribution in [0.5, 0.6) is 5.75 Å². The van der Waals surface area contributed by atoms with E-state index in [0.717, 1.165) is 48.2 Å². The monoisotopic (exact) mass is 342 g/mol. The third-order valence-corrected chi connectivity index (χ3v) is 4.85. The van der Waals surface area contributed by atoms with Gasteiger partial charge in [0.05, 0.1) is 18.7 Å². The first-order valence-electron chi connectivity index (χ1n) is 8.70. The molecule has 1 aliphatic heterocycles. The van der Waals surface area contributed by atoms with E-state index >= 15 is 0 Å². The summed E-state index contributed by atoms with van der Waals surface area (Å²) in [6.45, 7) is 5.70. The maximum atomic E-state index is 12.9. The van der Waals surface area contributed by atoms with Crippen LogP contribution < -0.4 is 10.1 Å². The van der Waals surface area contributed by atoms with Crippen molar-refractivity contribution in [1.29, 1.82) is 0 Å². The highest BCUT2D eigenvalue weighted by Crippen LogP contribution is 2.33. The number of hydrogen-bond donors (Lipinski definition) is 2. The number of nitrogens with zero attached hydrogens (tertiary/aromatic N) is 2. The van der Waals surface area contributed by atoms with Crippen LogP contribution in [-0.2, 0) is 11.2 Å². The van der Waals surface area contributed by atoms with E-state index in [9.17, 15) is 4.79 Å². The van der Waals surface area contributed by atoms with E-state index in [1.165, 1.54) is 0 Å². The SMILES string of the molecule is CCc1nc([C@@H]2CN(C)C[C@H]2C(=O)Nc2ccc(OC)cc2)c(C)[nH]1. The highest BCUT2D eigenvalue weighted by atomic mass is 16.5. The predicted octanol–water partition coefficient (Wildman–Crippen LogP) is 2.57. The maximum Gasteiger partial charge on any atom is 0.229 e. The topological polar surface area (TPSA) is 70.2 Å². The molecule has 2 aromatic rings. The molecule has 3 rings (SSSR count). The number of H-pyrrole nitrogens is 1. The van der Waals surface area contributed by atoms with E-state index < -0.39 is 0 Å². The highest BCUT2D eigenvalue weighted by molar-refractivity contribution is 5.93. The molecule has 2 heterocycles. The van der Waals surface area contributed by atoms with Gasteiger partial charge in [0, 0.05) is 36.8 Å². The molecule has 6 heteroatoms. The fraction of sp³-hybridized carbons (Fsp3) is 0.474. The van der Waals surface area contributed by atoms with Crippen LogP contribution in [-0.4, -0.2) is 48.0 Å². The van der Waals surface area contributed by atoms with Crippen LogP contribution in [0.4, 0.5) is 5.69 Å². The summed E-state index contributed by atoms with van der Waals surface area (Å²) in [7, 11) is 3.68. The lowest BCUT2D eigenvalue weighted by atomic mass is 9.91. The second-order valence-corrected chi connectivity index (χ2v) is 6.70. The van der Waals surface area contributed by atoms with Crippen molar-refractivity contribution in [2.24, 2.45) is 5.92 Å². The Morgan fingerprint density at radius 3 is 2.68 bits per heavy atom. The molecule has 1 aromatic heterocycles. The number of hydrogen-bond acceptors (Lipinski definition) is 4. The number of likely N-dealkylation sites (tertiary alicyclic amines) is 1. The van der Waals surface area contributed by atoms with Crippen LogP contribution in [0.25, 0.3) is 0 Å². The molecule has 25 heavy (non-hydrogen) atoms. The number of ether oxygens (including phenoxy) is 1. The van der Waals surface area contributed by atoms with Crippen LogP contribution in [0.2, 0.25) is 0 Å². The highest BCUT2D eigenvalue weighted by Gasteiger charge is 2.39. The Morgan fingerprint density at radius 1 is 1.36 bits per heavy atom. The fourth-order valence-corrected chi connectivity index (χ4v) is 3.52. The Morgan fingerprint density at radius 2 is 2.08 bits per heavy atom. The number of methoxy groups -OCH3 is 1. The van der Waals surface area contributed by atoms with Gasteiger partial charge in [0.15, 0.2) is 0 Å². The molecule has 0 spiro atoms. The molecule has 1 aliphatic rings. The molecule has 0 bridgehead atoms. The van der Waals surface area contributed by atoms with Crippen molar-refractivity contribution in [2.75, 3.05) is 32.6 Å². The Kier molecular flexibility index (Phi) is 5.08. The van der Waals surface area contributed by atoms with Crippen LogP contribution in [0.1, 0.15) is 30.1 Å². The lowest BCUT2D eigenvalue weighted by Gasteiger charge is -2.17. The number of imidazole rings is 1. The van der Waals surface area contributed by atoms with E-state index in [0.29, 0.717) is 0 Å². The van der Waals surface area contributed by atoms with Crippen molar-refractivity contribution in [2.45, 2.75) is 26.2 Å². The summed E-state index contributed by atoms with van der Waals surface area (Å²) in [4.78, 5) is 23.1. The van der Waals surface area contributed by atoms with Gasteiger partial charge in [-0.05, 0) is 38.2 Å². The zero-order valence-electron chi connectivity index (χ0n) is 15.3. The molecule has 1 aromatic carbocycles. The minimum absolute atomic E-state index is 0.0416. The molecule has 2 N–H and O–H groups in total. The molecule has 0 aliphatic carbocycles. The third-order valence-electron chi connectivity index (χ3n) is 4.85. The van der Waals surface area contributed by atoms with Gasteiger partial charge < -0.3 is 19.9 Å². The molecule has 1 saturated heterocycles. The Labute approximate surface area is 148 Å². The smallest absolute Gasteiger partial charge is 0.229 e. The van der Waals surface area contributed by atoms with E-state index in [1.54, 1.807) is 7.11 Å². The lowest BCUT2D eigenvalue weighted by molar-refractivity contribution is -0.119. The second-order valence-electron chi connectivity index (χ2n) is 6.70. The van der Waals surface area contributed by atoms with Gasteiger partial charge >= 0.3 is 0 Å². The first-order chi connectivity index (χ1) is 12.0. The number of carbonyl (C=O) groups is 1. The summed E-state index contributed by atoms with van der Waals surface area (Å²) in [5.74, 6) is 1.80. The van der Waals surface area contributed by atoms with Crippen LogP contribution >= 0.6 is 0 Å². The molecule has 0 radical (unpaired) electrons. The fourth-order valence-electron chi connectivity index (χ4n) is 3.52. The van der Waals surface area contributed by atoms with Gasteiger partial charge in [-0.3, -0.25) is 4.79 Å². The third kappa shape index (κ3) is 3.69. The minimum Gasteiger partial charge on any atom is -0.497 e. The summed E-state index contributed by atoms with van der Waals surface area (Å²) >= 11 is 0. The average Bonchev–Trinajstić information content (AvgIpc) is 3.17. The van der Waals surface area contributed by atoms with Crippen molar-refractivity contribution in [3.8, 4) is 5.75 Å². The molecule has 1 amide bonds. The largest absolute Gasteiger partial charge is 0.497 e. The summed E-state index contributed by atoms with van der Waals surface area (Å²) in [6, 6.07) is 7.41. The van der Waals surface area contributed by atoms with Gasteiger partial charge in [-0.1, -0.05) is 6.92 Å². The summed E-state index contributed by atoms with van der Waals surface area (Å²) in [5, 5.41) is 3.04. The van der Waals surface area contributed by atoms with Crippen molar-refractivity contribution in [3.05, 3.63) is 41.5 Å². The van der Waals surface area contributed by atoms with Gasteiger partial charge in [0.2, 0.25) is 5.91 Å². The van der Waals surface area contributed by atoms with Gasteiger partial charge in [-0.2, -0.15) is 0 Å². The Hall–Kier alpha value is -2.34. The van der Waals surface area contributed by atoms with E-state index in [1.807, 2.05) is 31.2 Å². The number of rotatable bonds is 5. The molecule has 2 atom stereocenters. The number of amides is 1. The zero-order valence-corrected chi connectivity index (χ0v) is 15.3. The minimum atomic E-state index is -0.112. The molecule has 6 nitrogen and oxygen atoms in total. The first kappa shape index (κ1) is 17.5. The molecule has 0 saturated carbocycles. The van der Waals surface area contributed by atoms with Crippen LogP contribution in [0, 0.1) is 12.8 Å². The quantitative estimate of drug-likeness (QED) is 0.876. The van der Waals surface area contributed by atoms with E-state index in [2.05, 4.69) is 29.2 Å². The average molecular weight is 342 g/mol. The lowest BCUT2D eigenvalue weighted by Crippen LogP contribution is -2.28. The standard InChI is InChI=1S/C19H26N4O2/c1-5-17-20-12(2)18(22-17)15-10-23(3)11-16(15)19(24)21-13-6-8-14(25-4)9-7-13/h6-9,15-16H,5,10-11H2,1-4H3,(H,20,22)(H,21,24)/t15-,16-/m1/s1. The Balaban J connectivity index is 1.78. The normalized spacial score (nSPS) is 20.6. The first-order valence-corrected chi connectivity index (χ1v) is 8.70. The summed E-state index contributed by atoms with van der Waals surface area (Å²) in [6.07, 6.45) is 0.867. The molecule has 0 unspecified atom stereocenters. The summed E-state index contributed by atoms with van der Waals surface area (Å²) < 4.78 is 5.16. The van der Waals surface area contributed by atoms with E-state index in [4.69, 9.17) is 9.72 Å². The van der Waals surface area contributed by atoms with Crippen molar-refractivity contribution in [3.63, 3.8) is 0 Å². The number of likely N-dealkylation sites (N-methyl/N-ethyl adjacent to an activating group) is 1. The number of benzene rings is 1. The molecular formula is C19H26N4O2. The van der Waals surface area contributed by atoms with E-state index in [-0.39, 0.29) is 17.7 Å². The number of anilines is 1. The number of aromatic amines is 1. The molecular weight excluding hydrogens is 316 g/mol. The Bertz CT molecular complexity index is 738. The van der Waals surface area contributed by atoms with Gasteiger partial charge in [0.25, 0.3) is 0 Å². The molecule has 1 fully saturated rings. The van der Waals surface area contributed by atoms with Crippen LogP contribution in [0.3, 0.4) is 0 Å². The number of carbonyl (C=O) groups excluding carboxylic acids is 1. The van der Waals surface area contributed by atoms with Crippen molar-refractivity contribution >= 4 is 11.6 Å². The van der Waals surface area contributed by atoms with Crippen molar-refractivity contribution < 1.29 is 9.53 Å². The second kappa shape index (κ2) is 7.27. The predicted molar refractivity (Wildman–Crippen MR) is 98.1 cm³/mol. The van der Waals surface area contributed by atoms with Gasteiger partial charge in [0.1, 0.15) is 11.6 Å². The van der Waals surface area contributed by atoms with Crippen molar-refractivity contribution in [1.82, 2.24) is 14.9 Å².